The van der Waals surface area contributed by atoms with Crippen molar-refractivity contribution in [3.05, 3.63) is 59.7 Å². The first-order valence-corrected chi connectivity index (χ1v) is 12.5. The third-order valence-corrected chi connectivity index (χ3v) is 5.88. The molecule has 184 valence electrons. The molecule has 2 aromatic rings. The van der Waals surface area contributed by atoms with Crippen molar-refractivity contribution in [3.63, 3.8) is 0 Å². The molecular weight excluding hydrogens is 432 g/mol. The van der Waals surface area contributed by atoms with E-state index in [-0.39, 0.29) is 24.1 Å². The second kappa shape index (κ2) is 13.6. The van der Waals surface area contributed by atoms with Gasteiger partial charge in [0.25, 0.3) is 0 Å². The average molecular weight is 469 g/mol. The van der Waals surface area contributed by atoms with Crippen LogP contribution in [-0.2, 0) is 9.47 Å². The summed E-state index contributed by atoms with van der Waals surface area (Å²) in [5, 5.41) is 0. The Morgan fingerprint density at radius 2 is 1.00 bits per heavy atom. The van der Waals surface area contributed by atoms with E-state index in [1.54, 1.807) is 48.5 Å². The fourth-order valence-corrected chi connectivity index (χ4v) is 3.75. The fourth-order valence-electron chi connectivity index (χ4n) is 3.75. The van der Waals surface area contributed by atoms with Gasteiger partial charge in [0, 0.05) is 0 Å². The van der Waals surface area contributed by atoms with Crippen molar-refractivity contribution in [3.8, 4) is 11.5 Å². The van der Waals surface area contributed by atoms with Crippen molar-refractivity contribution < 1.29 is 28.5 Å². The Labute approximate surface area is 202 Å². The molecule has 0 saturated heterocycles. The van der Waals surface area contributed by atoms with Gasteiger partial charge in [-0.15, -0.1) is 0 Å². The third-order valence-electron chi connectivity index (χ3n) is 5.88. The normalized spacial score (nSPS) is 17.6. The van der Waals surface area contributed by atoms with Crippen molar-refractivity contribution in [2.75, 3.05) is 13.2 Å². The van der Waals surface area contributed by atoms with Crippen LogP contribution in [0.15, 0.2) is 48.5 Å². The van der Waals surface area contributed by atoms with E-state index in [0.717, 1.165) is 37.2 Å². The predicted octanol–water partition coefficient (Wildman–Crippen LogP) is 6.37. The molecule has 0 radical (unpaired) electrons. The summed E-state index contributed by atoms with van der Waals surface area (Å²) in [6, 6.07) is 14.1. The Morgan fingerprint density at radius 1 is 0.647 bits per heavy atom. The molecule has 3 rings (SSSR count). The zero-order valence-corrected chi connectivity index (χ0v) is 20.3. The van der Waals surface area contributed by atoms with Gasteiger partial charge in [0.1, 0.15) is 23.7 Å². The molecule has 0 atom stereocenters. The number of carbonyl (C=O) groups excluding carboxylic acids is 2. The van der Waals surface area contributed by atoms with Crippen LogP contribution in [0.25, 0.3) is 0 Å². The summed E-state index contributed by atoms with van der Waals surface area (Å²) < 4.78 is 22.6. The van der Waals surface area contributed by atoms with Crippen LogP contribution >= 0.6 is 0 Å². The number of ether oxygens (including phenoxy) is 4. The number of rotatable bonds is 12. The first-order chi connectivity index (χ1) is 16.6. The fraction of sp³-hybridized carbons (Fsp3) is 0.500. The molecular formula is C28H36O6. The minimum absolute atomic E-state index is 0.164. The Kier molecular flexibility index (Phi) is 10.3. The molecule has 0 amide bonds. The van der Waals surface area contributed by atoms with E-state index in [2.05, 4.69) is 13.8 Å². The molecule has 1 aliphatic carbocycles. The minimum Gasteiger partial charge on any atom is -0.494 e. The van der Waals surface area contributed by atoms with Crippen molar-refractivity contribution in [2.24, 2.45) is 0 Å². The molecule has 0 aromatic heterocycles. The van der Waals surface area contributed by atoms with Crippen molar-refractivity contribution in [1.29, 1.82) is 0 Å². The number of esters is 2. The molecule has 1 aliphatic rings. The Hall–Kier alpha value is -3.02. The van der Waals surface area contributed by atoms with Gasteiger partial charge in [0.2, 0.25) is 0 Å². The second-order valence-electron chi connectivity index (χ2n) is 8.66. The zero-order valence-electron chi connectivity index (χ0n) is 20.3. The van der Waals surface area contributed by atoms with Gasteiger partial charge in [-0.1, -0.05) is 26.7 Å². The number of benzene rings is 2. The molecule has 1 fully saturated rings. The van der Waals surface area contributed by atoms with Gasteiger partial charge < -0.3 is 18.9 Å². The number of hydrogen-bond donors (Lipinski definition) is 0. The monoisotopic (exact) mass is 468 g/mol. The zero-order chi connectivity index (χ0) is 24.2. The van der Waals surface area contributed by atoms with Gasteiger partial charge in [-0.2, -0.15) is 0 Å². The van der Waals surface area contributed by atoms with Gasteiger partial charge in [0.05, 0.1) is 24.3 Å². The van der Waals surface area contributed by atoms with E-state index in [0.29, 0.717) is 50.0 Å². The quantitative estimate of drug-likeness (QED) is 0.266. The van der Waals surface area contributed by atoms with E-state index in [1.807, 2.05) is 0 Å². The van der Waals surface area contributed by atoms with Crippen LogP contribution < -0.4 is 9.47 Å². The van der Waals surface area contributed by atoms with Crippen LogP contribution in [0.4, 0.5) is 0 Å². The number of carbonyl (C=O) groups is 2. The topological polar surface area (TPSA) is 71.1 Å². The predicted molar refractivity (Wildman–Crippen MR) is 131 cm³/mol. The van der Waals surface area contributed by atoms with Crippen molar-refractivity contribution in [2.45, 2.75) is 77.4 Å². The number of unbranched alkanes of at least 4 members (excludes halogenated alkanes) is 2. The second-order valence-corrected chi connectivity index (χ2v) is 8.66. The summed E-state index contributed by atoms with van der Waals surface area (Å²) in [5.74, 6) is 0.848. The summed E-state index contributed by atoms with van der Waals surface area (Å²) in [7, 11) is 0. The highest BCUT2D eigenvalue weighted by molar-refractivity contribution is 5.90. The Balaban J connectivity index is 1.39. The van der Waals surface area contributed by atoms with Gasteiger partial charge >= 0.3 is 11.9 Å². The highest BCUT2D eigenvalue weighted by Crippen LogP contribution is 2.26. The summed E-state index contributed by atoms with van der Waals surface area (Å²) in [6.45, 7) is 5.58. The van der Waals surface area contributed by atoms with Gasteiger partial charge in [-0.05, 0) is 87.1 Å². The molecule has 0 bridgehead atoms. The van der Waals surface area contributed by atoms with Crippen molar-refractivity contribution in [1.82, 2.24) is 0 Å². The van der Waals surface area contributed by atoms with E-state index < -0.39 is 0 Å². The maximum absolute atomic E-state index is 12.5. The highest BCUT2D eigenvalue weighted by Gasteiger charge is 2.27. The summed E-state index contributed by atoms with van der Waals surface area (Å²) in [4.78, 5) is 25.0. The molecule has 34 heavy (non-hydrogen) atoms. The lowest BCUT2D eigenvalue weighted by molar-refractivity contribution is -0.0108. The first kappa shape index (κ1) is 25.6. The molecule has 0 N–H and O–H groups in total. The largest absolute Gasteiger partial charge is 0.494 e. The molecule has 0 aliphatic heterocycles. The molecule has 6 heteroatoms. The van der Waals surface area contributed by atoms with Crippen LogP contribution in [0.2, 0.25) is 0 Å². The van der Waals surface area contributed by atoms with Crippen LogP contribution in [0, 0.1) is 0 Å². The Bertz CT molecular complexity index is 807. The maximum atomic E-state index is 12.5. The smallest absolute Gasteiger partial charge is 0.338 e. The summed E-state index contributed by atoms with van der Waals surface area (Å²) in [5.41, 5.74) is 1.03. The van der Waals surface area contributed by atoms with Crippen LogP contribution in [0.1, 0.15) is 85.9 Å². The molecule has 2 aromatic carbocycles. The molecule has 1 saturated carbocycles. The van der Waals surface area contributed by atoms with E-state index in [1.165, 1.54) is 0 Å². The molecule has 0 unspecified atom stereocenters. The third kappa shape index (κ3) is 8.08. The minimum atomic E-state index is -0.332. The molecule has 6 nitrogen and oxygen atoms in total. The van der Waals surface area contributed by atoms with Crippen molar-refractivity contribution >= 4 is 11.9 Å². The summed E-state index contributed by atoms with van der Waals surface area (Å²) in [6.07, 6.45) is 6.52. The van der Waals surface area contributed by atoms with Gasteiger partial charge in [-0.25, -0.2) is 9.59 Å². The average Bonchev–Trinajstić information content (AvgIpc) is 2.86. The lowest BCUT2D eigenvalue weighted by atomic mass is 9.95. The van der Waals surface area contributed by atoms with E-state index in [4.69, 9.17) is 18.9 Å². The molecule has 0 heterocycles. The van der Waals surface area contributed by atoms with Crippen LogP contribution in [-0.4, -0.2) is 37.4 Å². The highest BCUT2D eigenvalue weighted by atomic mass is 16.6. The Morgan fingerprint density at radius 3 is 1.32 bits per heavy atom. The maximum Gasteiger partial charge on any atom is 0.338 e. The summed E-state index contributed by atoms with van der Waals surface area (Å²) >= 11 is 0. The van der Waals surface area contributed by atoms with Gasteiger partial charge in [-0.3, -0.25) is 0 Å². The first-order valence-electron chi connectivity index (χ1n) is 12.5. The van der Waals surface area contributed by atoms with E-state index >= 15 is 0 Å². The molecule has 0 spiro atoms. The van der Waals surface area contributed by atoms with Crippen LogP contribution in [0.5, 0.6) is 11.5 Å². The van der Waals surface area contributed by atoms with E-state index in [9.17, 15) is 9.59 Å². The lowest BCUT2D eigenvalue weighted by Crippen LogP contribution is -2.29. The standard InChI is InChI=1S/C28H36O6/c1-3-5-19-31-23-11-7-21(8-12-23)27(29)33-25-15-17-26(18-16-25)34-28(30)22-9-13-24(14-10-22)32-20-6-4-2/h7-14,25-26H,3-6,15-20H2,1-2H3/t25-,26-. The lowest BCUT2D eigenvalue weighted by Gasteiger charge is -2.28. The van der Waals surface area contributed by atoms with Crippen LogP contribution in [0.3, 0.4) is 0 Å². The van der Waals surface area contributed by atoms with Gasteiger partial charge in [0.15, 0.2) is 0 Å². The SMILES string of the molecule is CCCCOc1ccc(C(=O)O[C@H]2CC[C@H](OC(=O)c3ccc(OCCCC)cc3)CC2)cc1. The number of hydrogen-bond acceptors (Lipinski definition) is 6.